The van der Waals surface area contributed by atoms with Crippen LogP contribution in [0.3, 0.4) is 0 Å². The Labute approximate surface area is 99.1 Å². The molecule has 0 aliphatic carbocycles. The highest BCUT2D eigenvalue weighted by atomic mass is 16.5. The highest BCUT2D eigenvalue weighted by molar-refractivity contribution is 5.52. The van der Waals surface area contributed by atoms with Crippen molar-refractivity contribution in [3.8, 4) is 11.6 Å². The zero-order valence-electron chi connectivity index (χ0n) is 9.42. The number of aromatic hydroxyl groups is 1. The van der Waals surface area contributed by atoms with Crippen molar-refractivity contribution in [1.82, 2.24) is 9.97 Å². The summed E-state index contributed by atoms with van der Waals surface area (Å²) in [7, 11) is 1.58. The van der Waals surface area contributed by atoms with Crippen LogP contribution in [0.4, 0.5) is 5.69 Å². The molecule has 0 aliphatic heterocycles. The number of anilines is 1. The molecule has 0 unspecified atom stereocenters. The number of pyridine rings is 2. The average Bonchev–Trinajstić information content (AvgIpc) is 2.38. The smallest absolute Gasteiger partial charge is 0.237 e. The van der Waals surface area contributed by atoms with Gasteiger partial charge >= 0.3 is 0 Å². The SMILES string of the molecule is COc1ncccc1NCc1ccc(O)cn1. The minimum Gasteiger partial charge on any atom is -0.506 e. The number of nitrogens with one attached hydrogen (secondary N) is 1. The summed E-state index contributed by atoms with van der Waals surface area (Å²) in [6, 6.07) is 7.07. The fraction of sp³-hybridized carbons (Fsp3) is 0.167. The first-order valence-corrected chi connectivity index (χ1v) is 5.16. The summed E-state index contributed by atoms with van der Waals surface area (Å²) < 4.78 is 5.12. The van der Waals surface area contributed by atoms with Crippen molar-refractivity contribution in [2.24, 2.45) is 0 Å². The number of nitrogens with zero attached hydrogens (tertiary/aromatic N) is 2. The molecule has 17 heavy (non-hydrogen) atoms. The molecule has 2 N–H and O–H groups in total. The Balaban J connectivity index is 2.04. The van der Waals surface area contributed by atoms with E-state index in [1.54, 1.807) is 25.4 Å². The average molecular weight is 231 g/mol. The van der Waals surface area contributed by atoms with Gasteiger partial charge in [-0.15, -0.1) is 0 Å². The van der Waals surface area contributed by atoms with E-state index < -0.39 is 0 Å². The first kappa shape index (κ1) is 11.2. The zero-order valence-corrected chi connectivity index (χ0v) is 9.42. The molecule has 2 rings (SSSR count). The fourth-order valence-corrected chi connectivity index (χ4v) is 1.40. The van der Waals surface area contributed by atoms with Crippen molar-refractivity contribution < 1.29 is 9.84 Å². The van der Waals surface area contributed by atoms with Crippen LogP contribution in [0.1, 0.15) is 5.69 Å². The van der Waals surface area contributed by atoms with Gasteiger partial charge in [0.1, 0.15) is 5.75 Å². The highest BCUT2D eigenvalue weighted by Crippen LogP contribution is 2.20. The Morgan fingerprint density at radius 3 is 2.88 bits per heavy atom. The van der Waals surface area contributed by atoms with Crippen LogP contribution in [0.15, 0.2) is 36.7 Å². The molecule has 0 aromatic carbocycles. The molecule has 0 saturated heterocycles. The van der Waals surface area contributed by atoms with E-state index in [2.05, 4.69) is 15.3 Å². The van der Waals surface area contributed by atoms with Crippen molar-refractivity contribution in [2.75, 3.05) is 12.4 Å². The van der Waals surface area contributed by atoms with Gasteiger partial charge in [-0.2, -0.15) is 0 Å². The van der Waals surface area contributed by atoms with Crippen LogP contribution in [-0.2, 0) is 6.54 Å². The zero-order chi connectivity index (χ0) is 12.1. The second kappa shape index (κ2) is 5.16. The Hall–Kier alpha value is -2.30. The van der Waals surface area contributed by atoms with E-state index in [9.17, 15) is 0 Å². The summed E-state index contributed by atoms with van der Waals surface area (Å²) in [5.74, 6) is 0.707. The van der Waals surface area contributed by atoms with E-state index in [0.717, 1.165) is 11.4 Å². The normalized spacial score (nSPS) is 9.94. The van der Waals surface area contributed by atoms with Gasteiger partial charge in [-0.25, -0.2) is 4.98 Å². The van der Waals surface area contributed by atoms with Gasteiger partial charge in [0.2, 0.25) is 5.88 Å². The predicted molar refractivity (Wildman–Crippen MR) is 64.0 cm³/mol. The van der Waals surface area contributed by atoms with Crippen LogP contribution in [0.2, 0.25) is 0 Å². The van der Waals surface area contributed by atoms with Crippen molar-refractivity contribution in [2.45, 2.75) is 6.54 Å². The molecular formula is C12H13N3O2. The Morgan fingerprint density at radius 2 is 2.18 bits per heavy atom. The van der Waals surface area contributed by atoms with Crippen LogP contribution in [-0.4, -0.2) is 22.2 Å². The van der Waals surface area contributed by atoms with E-state index in [1.807, 2.05) is 12.1 Å². The van der Waals surface area contributed by atoms with Gasteiger partial charge in [-0.3, -0.25) is 4.98 Å². The van der Waals surface area contributed by atoms with Crippen molar-refractivity contribution in [3.63, 3.8) is 0 Å². The maximum Gasteiger partial charge on any atom is 0.237 e. The molecule has 2 heterocycles. The molecule has 0 aliphatic rings. The second-order valence-corrected chi connectivity index (χ2v) is 3.42. The third-order valence-corrected chi connectivity index (χ3v) is 2.23. The van der Waals surface area contributed by atoms with Gasteiger partial charge < -0.3 is 15.2 Å². The maximum absolute atomic E-state index is 9.11. The molecule has 0 amide bonds. The first-order valence-electron chi connectivity index (χ1n) is 5.16. The Bertz CT molecular complexity index is 485. The van der Waals surface area contributed by atoms with E-state index in [-0.39, 0.29) is 5.75 Å². The summed E-state index contributed by atoms with van der Waals surface area (Å²) >= 11 is 0. The predicted octanol–water partition coefficient (Wildman–Crippen LogP) is 1.80. The van der Waals surface area contributed by atoms with E-state index in [1.165, 1.54) is 6.20 Å². The summed E-state index contributed by atoms with van der Waals surface area (Å²) in [6.07, 6.45) is 3.08. The molecule has 0 atom stereocenters. The monoisotopic (exact) mass is 231 g/mol. The van der Waals surface area contributed by atoms with Gasteiger partial charge in [-0.1, -0.05) is 0 Å². The maximum atomic E-state index is 9.11. The standard InChI is InChI=1S/C12H13N3O2/c1-17-12-11(3-2-6-13-12)15-7-9-4-5-10(16)8-14-9/h2-6,8,15-16H,7H2,1H3. The molecule has 0 fully saturated rings. The minimum atomic E-state index is 0.160. The van der Waals surface area contributed by atoms with Crippen LogP contribution < -0.4 is 10.1 Å². The summed E-state index contributed by atoms with van der Waals surface area (Å²) in [5.41, 5.74) is 1.64. The number of ether oxygens (including phenoxy) is 1. The van der Waals surface area contributed by atoms with Gasteiger partial charge in [0, 0.05) is 6.20 Å². The topological polar surface area (TPSA) is 67.3 Å². The molecule has 5 nitrogen and oxygen atoms in total. The van der Waals surface area contributed by atoms with Crippen LogP contribution >= 0.6 is 0 Å². The lowest BCUT2D eigenvalue weighted by Gasteiger charge is -2.09. The van der Waals surface area contributed by atoms with Crippen molar-refractivity contribution in [1.29, 1.82) is 0 Å². The molecule has 88 valence electrons. The number of aromatic nitrogens is 2. The quantitative estimate of drug-likeness (QED) is 0.839. The van der Waals surface area contributed by atoms with Gasteiger partial charge in [0.15, 0.2) is 0 Å². The summed E-state index contributed by atoms with van der Waals surface area (Å²) in [6.45, 7) is 0.544. The largest absolute Gasteiger partial charge is 0.506 e. The number of rotatable bonds is 4. The van der Waals surface area contributed by atoms with Gasteiger partial charge in [0.05, 0.1) is 31.2 Å². The fourth-order valence-electron chi connectivity index (χ4n) is 1.40. The Morgan fingerprint density at radius 1 is 1.29 bits per heavy atom. The van der Waals surface area contributed by atoms with Crippen molar-refractivity contribution in [3.05, 3.63) is 42.4 Å². The van der Waals surface area contributed by atoms with Crippen LogP contribution in [0.5, 0.6) is 11.6 Å². The van der Waals surface area contributed by atoms with Gasteiger partial charge in [-0.05, 0) is 24.3 Å². The first-order chi connectivity index (χ1) is 8.29. The molecule has 0 spiro atoms. The molecule has 5 heteroatoms. The summed E-state index contributed by atoms with van der Waals surface area (Å²) in [4.78, 5) is 8.15. The lowest BCUT2D eigenvalue weighted by molar-refractivity contribution is 0.399. The molecule has 0 saturated carbocycles. The third kappa shape index (κ3) is 2.84. The second-order valence-electron chi connectivity index (χ2n) is 3.42. The van der Waals surface area contributed by atoms with E-state index in [4.69, 9.17) is 9.84 Å². The molecule has 0 radical (unpaired) electrons. The third-order valence-electron chi connectivity index (χ3n) is 2.23. The van der Waals surface area contributed by atoms with Crippen LogP contribution in [0, 0.1) is 0 Å². The Kier molecular flexibility index (Phi) is 3.40. The molecule has 2 aromatic rings. The highest BCUT2D eigenvalue weighted by Gasteiger charge is 2.02. The van der Waals surface area contributed by atoms with E-state index in [0.29, 0.717) is 12.4 Å². The molecule has 2 aromatic heterocycles. The van der Waals surface area contributed by atoms with Crippen LogP contribution in [0.25, 0.3) is 0 Å². The molecular weight excluding hydrogens is 218 g/mol. The number of hydrogen-bond donors (Lipinski definition) is 2. The number of methoxy groups -OCH3 is 1. The van der Waals surface area contributed by atoms with Crippen molar-refractivity contribution >= 4 is 5.69 Å². The summed E-state index contributed by atoms with van der Waals surface area (Å²) in [5, 5.41) is 12.3. The minimum absolute atomic E-state index is 0.160. The lowest BCUT2D eigenvalue weighted by atomic mass is 10.3. The van der Waals surface area contributed by atoms with E-state index >= 15 is 0 Å². The number of hydrogen-bond acceptors (Lipinski definition) is 5. The lowest BCUT2D eigenvalue weighted by Crippen LogP contribution is -2.03. The molecule has 0 bridgehead atoms. The van der Waals surface area contributed by atoms with Gasteiger partial charge in [0.25, 0.3) is 0 Å².